The van der Waals surface area contributed by atoms with Crippen molar-refractivity contribution in [2.24, 2.45) is 0 Å². The molecule has 164 valence electrons. The summed E-state index contributed by atoms with van der Waals surface area (Å²) in [6, 6.07) is 11.5. The van der Waals surface area contributed by atoms with Crippen LogP contribution in [0.1, 0.15) is 54.3 Å². The van der Waals surface area contributed by atoms with Crippen molar-refractivity contribution in [3.8, 4) is 5.75 Å². The third kappa shape index (κ3) is 3.23. The second kappa shape index (κ2) is 7.81. The van der Waals surface area contributed by atoms with Crippen LogP contribution in [0.15, 0.2) is 34.7 Å². The molecule has 0 N–H and O–H groups in total. The van der Waals surface area contributed by atoms with Gasteiger partial charge >= 0.3 is 0 Å². The van der Waals surface area contributed by atoms with Crippen LogP contribution in [-0.4, -0.2) is 11.6 Å². The number of benzene rings is 4. The molecule has 0 aliphatic rings. The first kappa shape index (κ1) is 20.8. The van der Waals surface area contributed by atoms with E-state index in [1.165, 1.54) is 55.6 Å². The molecule has 3 heteroatoms. The minimum Gasteiger partial charge on any atom is -0.490 e. The third-order valence-electron chi connectivity index (χ3n) is 6.86. The molecule has 0 unspecified atom stereocenters. The Morgan fingerprint density at radius 1 is 0.719 bits per heavy atom. The highest BCUT2D eigenvalue weighted by molar-refractivity contribution is 6.31. The Hall–Kier alpha value is -3.07. The number of unbranched alkanes of at least 4 members (excludes halogenated alkanes) is 2. The Morgan fingerprint density at radius 3 is 1.84 bits per heavy atom. The molecule has 0 radical (unpaired) electrons. The largest absolute Gasteiger partial charge is 0.490 e. The SMILES string of the molecule is CCCCCOc1cc2c3cc(C)c(C)cc3c3cc(C)c(C)cc3c2c2nc(C)oc12. The quantitative estimate of drug-likeness (QED) is 0.209. The molecular weight excluding hydrogens is 394 g/mol. The summed E-state index contributed by atoms with van der Waals surface area (Å²) in [5, 5.41) is 7.39. The van der Waals surface area contributed by atoms with Gasteiger partial charge in [0.1, 0.15) is 5.52 Å². The molecule has 0 bridgehead atoms. The predicted octanol–water partition coefficient (Wildman–Crippen LogP) is 8.40. The van der Waals surface area contributed by atoms with Crippen LogP contribution in [0.5, 0.6) is 5.75 Å². The van der Waals surface area contributed by atoms with Gasteiger partial charge in [0.15, 0.2) is 17.2 Å². The van der Waals surface area contributed by atoms with Gasteiger partial charge in [-0.3, -0.25) is 0 Å². The van der Waals surface area contributed by atoms with Crippen molar-refractivity contribution in [1.29, 1.82) is 0 Å². The van der Waals surface area contributed by atoms with Crippen molar-refractivity contribution < 1.29 is 9.15 Å². The van der Waals surface area contributed by atoms with Crippen LogP contribution in [0, 0.1) is 34.6 Å². The minimum atomic E-state index is 0.670. The van der Waals surface area contributed by atoms with Crippen LogP contribution in [0.2, 0.25) is 0 Å². The molecule has 0 saturated heterocycles. The highest BCUT2D eigenvalue weighted by atomic mass is 16.5. The molecule has 5 rings (SSSR count). The fourth-order valence-corrected chi connectivity index (χ4v) is 4.79. The zero-order chi connectivity index (χ0) is 22.6. The molecule has 5 aromatic rings. The van der Waals surface area contributed by atoms with Gasteiger partial charge in [0.05, 0.1) is 6.61 Å². The lowest BCUT2D eigenvalue weighted by molar-refractivity contribution is 0.305. The first-order valence-electron chi connectivity index (χ1n) is 11.7. The van der Waals surface area contributed by atoms with E-state index in [4.69, 9.17) is 14.1 Å². The number of hydrogen-bond donors (Lipinski definition) is 0. The average molecular weight is 426 g/mol. The minimum absolute atomic E-state index is 0.670. The van der Waals surface area contributed by atoms with Crippen molar-refractivity contribution in [3.63, 3.8) is 0 Å². The summed E-state index contributed by atoms with van der Waals surface area (Å²) < 4.78 is 12.4. The standard InChI is InChI=1S/C29H31NO2/c1-7-8-9-10-31-26-15-25-23-13-17(3)16(2)11-21(23)22-12-18(4)19(5)14-24(22)27(25)28-29(26)32-20(6)30-28/h11-15H,7-10H2,1-6H3. The van der Waals surface area contributed by atoms with E-state index >= 15 is 0 Å². The van der Waals surface area contributed by atoms with Crippen LogP contribution in [0.3, 0.4) is 0 Å². The molecule has 0 amide bonds. The first-order chi connectivity index (χ1) is 15.4. The van der Waals surface area contributed by atoms with Gasteiger partial charge in [-0.2, -0.15) is 0 Å². The third-order valence-corrected chi connectivity index (χ3v) is 6.86. The van der Waals surface area contributed by atoms with E-state index in [-0.39, 0.29) is 0 Å². The highest BCUT2D eigenvalue weighted by Gasteiger charge is 2.20. The fourth-order valence-electron chi connectivity index (χ4n) is 4.79. The zero-order valence-corrected chi connectivity index (χ0v) is 20.0. The number of aromatic nitrogens is 1. The van der Waals surface area contributed by atoms with Gasteiger partial charge < -0.3 is 9.15 Å². The molecule has 0 saturated carbocycles. The van der Waals surface area contributed by atoms with Gasteiger partial charge in [0, 0.05) is 12.3 Å². The van der Waals surface area contributed by atoms with Crippen LogP contribution < -0.4 is 4.74 Å². The van der Waals surface area contributed by atoms with E-state index in [9.17, 15) is 0 Å². The smallest absolute Gasteiger partial charge is 0.197 e. The molecule has 32 heavy (non-hydrogen) atoms. The molecule has 0 fully saturated rings. The number of hydrogen-bond acceptors (Lipinski definition) is 3. The summed E-state index contributed by atoms with van der Waals surface area (Å²) in [7, 11) is 0. The van der Waals surface area contributed by atoms with Crippen molar-refractivity contribution in [2.75, 3.05) is 6.61 Å². The van der Waals surface area contributed by atoms with E-state index in [2.05, 4.69) is 65.0 Å². The van der Waals surface area contributed by atoms with E-state index in [0.29, 0.717) is 12.5 Å². The lowest BCUT2D eigenvalue weighted by Crippen LogP contribution is -1.98. The molecule has 1 aromatic heterocycles. The van der Waals surface area contributed by atoms with Crippen LogP contribution in [-0.2, 0) is 0 Å². The molecule has 1 heterocycles. The summed E-state index contributed by atoms with van der Waals surface area (Å²) in [6.45, 7) is 13.6. The molecule has 0 aliphatic carbocycles. The van der Waals surface area contributed by atoms with E-state index in [0.717, 1.165) is 35.1 Å². The van der Waals surface area contributed by atoms with Crippen LogP contribution in [0.4, 0.5) is 0 Å². The van der Waals surface area contributed by atoms with Gasteiger partial charge in [-0.05, 0) is 89.4 Å². The fraction of sp³-hybridized carbons (Fsp3) is 0.345. The van der Waals surface area contributed by atoms with Crippen molar-refractivity contribution in [2.45, 2.75) is 60.8 Å². The van der Waals surface area contributed by atoms with Crippen LogP contribution in [0.25, 0.3) is 43.4 Å². The van der Waals surface area contributed by atoms with Gasteiger partial charge in [-0.1, -0.05) is 44.0 Å². The summed E-state index contributed by atoms with van der Waals surface area (Å²) in [5.41, 5.74) is 6.86. The van der Waals surface area contributed by atoms with E-state index in [1.807, 2.05) is 6.92 Å². The monoisotopic (exact) mass is 425 g/mol. The van der Waals surface area contributed by atoms with Crippen molar-refractivity contribution in [3.05, 3.63) is 58.5 Å². The van der Waals surface area contributed by atoms with Gasteiger partial charge in [0.2, 0.25) is 0 Å². The number of ether oxygens (including phenoxy) is 1. The average Bonchev–Trinajstić information content (AvgIpc) is 3.15. The van der Waals surface area contributed by atoms with Gasteiger partial charge in [-0.25, -0.2) is 4.98 Å². The molecule has 0 aliphatic heterocycles. The van der Waals surface area contributed by atoms with Gasteiger partial charge in [-0.15, -0.1) is 0 Å². The van der Waals surface area contributed by atoms with E-state index in [1.54, 1.807) is 0 Å². The van der Waals surface area contributed by atoms with Crippen LogP contribution >= 0.6 is 0 Å². The van der Waals surface area contributed by atoms with Gasteiger partial charge in [0.25, 0.3) is 0 Å². The molecule has 0 spiro atoms. The van der Waals surface area contributed by atoms with Crippen molar-refractivity contribution in [1.82, 2.24) is 4.98 Å². The molecule has 0 atom stereocenters. The number of aryl methyl sites for hydroxylation is 5. The summed E-state index contributed by atoms with van der Waals surface area (Å²) in [4.78, 5) is 4.85. The lowest BCUT2D eigenvalue weighted by atomic mass is 9.89. The Balaban J connectivity index is 1.95. The Morgan fingerprint density at radius 2 is 1.25 bits per heavy atom. The van der Waals surface area contributed by atoms with Crippen molar-refractivity contribution >= 4 is 43.4 Å². The maximum atomic E-state index is 6.27. The zero-order valence-electron chi connectivity index (χ0n) is 20.0. The number of nitrogens with zero attached hydrogens (tertiary/aromatic N) is 1. The second-order valence-corrected chi connectivity index (χ2v) is 9.23. The topological polar surface area (TPSA) is 35.3 Å². The summed E-state index contributed by atoms with van der Waals surface area (Å²) >= 11 is 0. The summed E-state index contributed by atoms with van der Waals surface area (Å²) in [6.07, 6.45) is 3.38. The predicted molar refractivity (Wildman–Crippen MR) is 135 cm³/mol. The highest BCUT2D eigenvalue weighted by Crippen LogP contribution is 2.43. The summed E-state index contributed by atoms with van der Waals surface area (Å²) in [5.74, 6) is 1.47. The molecule has 4 aromatic carbocycles. The molecular formula is C29H31NO2. The first-order valence-corrected chi connectivity index (χ1v) is 11.7. The lowest BCUT2D eigenvalue weighted by Gasteiger charge is -2.16. The van der Waals surface area contributed by atoms with E-state index < -0.39 is 0 Å². The Labute approximate surface area is 189 Å². The molecule has 3 nitrogen and oxygen atoms in total. The normalized spacial score (nSPS) is 11.9. The Bertz CT molecular complexity index is 1510. The number of rotatable bonds is 5. The number of oxazole rings is 1. The maximum Gasteiger partial charge on any atom is 0.197 e. The second-order valence-electron chi connectivity index (χ2n) is 9.23. The maximum absolute atomic E-state index is 6.27. The Kier molecular flexibility index (Phi) is 5.08. The number of fused-ring (bicyclic) bond motifs is 8.